The molecule has 0 atom stereocenters. The van der Waals surface area contributed by atoms with Crippen molar-refractivity contribution in [3.63, 3.8) is 0 Å². The van der Waals surface area contributed by atoms with E-state index in [1.165, 1.54) is 6.20 Å². The molecule has 11 heavy (non-hydrogen) atoms. The van der Waals surface area contributed by atoms with Crippen molar-refractivity contribution in [1.29, 1.82) is 0 Å². The molecule has 2 aromatic heterocycles. The molecular weight excluding hydrogens is 144 g/mol. The molecule has 0 bridgehead atoms. The zero-order chi connectivity index (χ0) is 7.68. The van der Waals surface area contributed by atoms with Crippen molar-refractivity contribution in [1.82, 2.24) is 20.2 Å². The summed E-state index contributed by atoms with van der Waals surface area (Å²) < 4.78 is 0. The number of aromatic amines is 1. The average molecular weight is 148 g/mol. The molecule has 0 spiro atoms. The highest BCUT2D eigenvalue weighted by molar-refractivity contribution is 5.77. The summed E-state index contributed by atoms with van der Waals surface area (Å²) in [5.74, 6) is 0.180. The van der Waals surface area contributed by atoms with Gasteiger partial charge >= 0.3 is 0 Å². The summed E-state index contributed by atoms with van der Waals surface area (Å²) in [5, 5.41) is 6.41. The van der Waals surface area contributed by atoms with Crippen LogP contribution >= 0.6 is 0 Å². The number of hydrogen-bond acceptors (Lipinski definition) is 4. The molecule has 54 valence electrons. The molecule has 2 heterocycles. The number of nitrogens with zero attached hydrogens (tertiary/aromatic N) is 3. The number of H-pyrrole nitrogens is 1. The molecule has 2 aromatic rings. The summed E-state index contributed by atoms with van der Waals surface area (Å²) in [6, 6.07) is 0. The lowest BCUT2D eigenvalue weighted by molar-refractivity contribution is 0.111. The highest BCUT2D eigenvalue weighted by Crippen LogP contribution is 2.03. The fourth-order valence-corrected chi connectivity index (χ4v) is 0.814. The van der Waals surface area contributed by atoms with Gasteiger partial charge in [-0.05, 0) is 0 Å². The minimum absolute atomic E-state index is 0.180. The quantitative estimate of drug-likeness (QED) is 0.585. The van der Waals surface area contributed by atoms with Crippen molar-refractivity contribution in [2.24, 2.45) is 0 Å². The first kappa shape index (κ1) is 5.96. The third kappa shape index (κ3) is 0.861. The predicted molar refractivity (Wildman–Crippen MR) is 37.1 cm³/mol. The number of carbonyl (C=O) groups is 1. The molecule has 0 amide bonds. The minimum Gasteiger partial charge on any atom is -0.294 e. The van der Waals surface area contributed by atoms with E-state index in [0.29, 0.717) is 11.8 Å². The van der Waals surface area contributed by atoms with Crippen molar-refractivity contribution >= 4 is 17.3 Å². The molecule has 0 saturated carbocycles. The average Bonchev–Trinajstić information content (AvgIpc) is 2.50. The topological polar surface area (TPSA) is 71.5 Å². The summed E-state index contributed by atoms with van der Waals surface area (Å²) in [7, 11) is 0. The second-order valence-corrected chi connectivity index (χ2v) is 2.01. The van der Waals surface area contributed by atoms with Gasteiger partial charge in [-0.25, -0.2) is 9.97 Å². The number of aldehydes is 1. The molecule has 2 rings (SSSR count). The highest BCUT2D eigenvalue weighted by Gasteiger charge is 1.98. The monoisotopic (exact) mass is 148 g/mol. The Morgan fingerprint density at radius 2 is 2.36 bits per heavy atom. The van der Waals surface area contributed by atoms with Crippen molar-refractivity contribution < 1.29 is 4.79 Å². The van der Waals surface area contributed by atoms with Crippen LogP contribution in [0.2, 0.25) is 0 Å². The Morgan fingerprint density at radius 1 is 1.45 bits per heavy atom. The van der Waals surface area contributed by atoms with E-state index in [2.05, 4.69) is 20.2 Å². The van der Waals surface area contributed by atoms with Crippen LogP contribution in [-0.4, -0.2) is 26.5 Å². The molecule has 1 N–H and O–H groups in total. The normalized spacial score (nSPS) is 10.2. The Balaban J connectivity index is 2.76. The van der Waals surface area contributed by atoms with E-state index in [9.17, 15) is 4.79 Å². The van der Waals surface area contributed by atoms with Crippen LogP contribution in [0.3, 0.4) is 0 Å². The molecule has 0 aliphatic carbocycles. The Bertz CT molecular complexity index is 394. The van der Waals surface area contributed by atoms with Gasteiger partial charge in [-0.3, -0.25) is 9.89 Å². The van der Waals surface area contributed by atoms with E-state index in [1.807, 2.05) is 0 Å². The van der Waals surface area contributed by atoms with Gasteiger partial charge < -0.3 is 0 Å². The maximum atomic E-state index is 10.2. The molecule has 0 saturated heterocycles. The maximum absolute atomic E-state index is 10.2. The second kappa shape index (κ2) is 2.12. The smallest absolute Gasteiger partial charge is 0.193 e. The van der Waals surface area contributed by atoms with Gasteiger partial charge in [0.15, 0.2) is 12.1 Å². The number of rotatable bonds is 1. The van der Waals surface area contributed by atoms with E-state index < -0.39 is 0 Å². The van der Waals surface area contributed by atoms with Crippen LogP contribution in [0, 0.1) is 0 Å². The summed E-state index contributed by atoms with van der Waals surface area (Å²) in [6.45, 7) is 0. The standard InChI is InChI=1S/C6H4N4O/c11-3-6-7-1-5-4(9-6)2-8-10-5/h1-3H,(H,8,10). The lowest BCUT2D eigenvalue weighted by atomic mass is 10.4. The van der Waals surface area contributed by atoms with E-state index in [4.69, 9.17) is 0 Å². The fourth-order valence-electron chi connectivity index (χ4n) is 0.814. The number of carbonyl (C=O) groups excluding carboxylic acids is 1. The van der Waals surface area contributed by atoms with E-state index in [1.54, 1.807) is 6.20 Å². The zero-order valence-corrected chi connectivity index (χ0v) is 5.48. The van der Waals surface area contributed by atoms with Gasteiger partial charge in [-0.1, -0.05) is 0 Å². The molecule has 5 heteroatoms. The lowest BCUT2D eigenvalue weighted by Crippen LogP contribution is -1.90. The van der Waals surface area contributed by atoms with Crippen molar-refractivity contribution in [3.05, 3.63) is 18.2 Å². The van der Waals surface area contributed by atoms with Crippen LogP contribution in [0.5, 0.6) is 0 Å². The third-order valence-corrected chi connectivity index (χ3v) is 1.31. The van der Waals surface area contributed by atoms with E-state index >= 15 is 0 Å². The number of fused-ring (bicyclic) bond motifs is 1. The van der Waals surface area contributed by atoms with Gasteiger partial charge in [-0.15, -0.1) is 0 Å². The molecule has 0 radical (unpaired) electrons. The number of aromatic nitrogens is 4. The summed E-state index contributed by atoms with van der Waals surface area (Å²) in [5.41, 5.74) is 1.39. The van der Waals surface area contributed by atoms with Crippen molar-refractivity contribution in [2.45, 2.75) is 0 Å². The first-order chi connectivity index (χ1) is 5.40. The van der Waals surface area contributed by atoms with Gasteiger partial charge in [0.2, 0.25) is 0 Å². The SMILES string of the molecule is O=Cc1ncc2[nH]ncc2n1. The van der Waals surface area contributed by atoms with E-state index in [0.717, 1.165) is 5.52 Å². The Hall–Kier alpha value is -1.78. The fraction of sp³-hybridized carbons (Fsp3) is 0. The van der Waals surface area contributed by atoms with Gasteiger partial charge in [0, 0.05) is 0 Å². The third-order valence-electron chi connectivity index (χ3n) is 1.31. The number of hydrogen-bond donors (Lipinski definition) is 1. The molecule has 0 aliphatic heterocycles. The molecule has 0 aliphatic rings. The minimum atomic E-state index is 0.180. The Kier molecular flexibility index (Phi) is 1.15. The molecular formula is C6H4N4O. The molecule has 0 fully saturated rings. The first-order valence-corrected chi connectivity index (χ1v) is 3.01. The Morgan fingerprint density at radius 3 is 3.18 bits per heavy atom. The summed E-state index contributed by atoms with van der Waals surface area (Å²) in [4.78, 5) is 17.8. The lowest BCUT2D eigenvalue weighted by Gasteiger charge is -1.86. The van der Waals surface area contributed by atoms with E-state index in [-0.39, 0.29) is 5.82 Å². The first-order valence-electron chi connectivity index (χ1n) is 3.01. The Labute approximate surface area is 61.5 Å². The number of nitrogens with one attached hydrogen (secondary N) is 1. The summed E-state index contributed by atoms with van der Waals surface area (Å²) in [6.07, 6.45) is 3.68. The molecule has 0 aromatic carbocycles. The van der Waals surface area contributed by atoms with Gasteiger partial charge in [0.1, 0.15) is 11.0 Å². The predicted octanol–water partition coefficient (Wildman–Crippen LogP) is 0.165. The summed E-state index contributed by atoms with van der Waals surface area (Å²) >= 11 is 0. The van der Waals surface area contributed by atoms with Crippen molar-refractivity contribution in [2.75, 3.05) is 0 Å². The zero-order valence-electron chi connectivity index (χ0n) is 5.48. The van der Waals surface area contributed by atoms with Crippen LogP contribution < -0.4 is 0 Å². The molecule has 5 nitrogen and oxygen atoms in total. The van der Waals surface area contributed by atoms with Crippen LogP contribution in [0.4, 0.5) is 0 Å². The van der Waals surface area contributed by atoms with Crippen LogP contribution in [-0.2, 0) is 0 Å². The highest BCUT2D eigenvalue weighted by atomic mass is 16.1. The van der Waals surface area contributed by atoms with Gasteiger partial charge in [-0.2, -0.15) is 5.10 Å². The van der Waals surface area contributed by atoms with Crippen LogP contribution in [0.25, 0.3) is 11.0 Å². The van der Waals surface area contributed by atoms with Crippen LogP contribution in [0.1, 0.15) is 10.6 Å². The molecule has 0 unspecified atom stereocenters. The van der Waals surface area contributed by atoms with Gasteiger partial charge in [0.25, 0.3) is 0 Å². The van der Waals surface area contributed by atoms with Crippen molar-refractivity contribution in [3.8, 4) is 0 Å². The van der Waals surface area contributed by atoms with Gasteiger partial charge in [0.05, 0.1) is 12.4 Å². The second-order valence-electron chi connectivity index (χ2n) is 2.01. The largest absolute Gasteiger partial charge is 0.294 e. The van der Waals surface area contributed by atoms with Crippen LogP contribution in [0.15, 0.2) is 12.4 Å². The maximum Gasteiger partial charge on any atom is 0.193 e.